The van der Waals surface area contributed by atoms with Crippen LogP contribution < -0.4 is 10.6 Å². The van der Waals surface area contributed by atoms with E-state index in [4.69, 9.17) is 5.11 Å². The second-order valence-electron chi connectivity index (χ2n) is 5.79. The van der Waals surface area contributed by atoms with Gasteiger partial charge in [-0.25, -0.2) is 14.6 Å². The number of carbonyl (C=O) groups excluding carboxylic acids is 2. The minimum atomic E-state index is -1.19. The molecule has 1 saturated carbocycles. The average Bonchev–Trinajstić information content (AvgIpc) is 3.24. The van der Waals surface area contributed by atoms with Crippen molar-refractivity contribution in [2.75, 3.05) is 10.6 Å². The first-order chi connectivity index (χ1) is 12.5. The highest BCUT2D eigenvalue weighted by Crippen LogP contribution is 2.31. The molecular formula is C16H15BrN4O4S. The first-order valence-corrected chi connectivity index (χ1v) is 9.52. The zero-order chi connectivity index (χ0) is 18.7. The van der Waals surface area contributed by atoms with Crippen LogP contribution in [0.25, 0.3) is 0 Å². The van der Waals surface area contributed by atoms with E-state index >= 15 is 0 Å². The fourth-order valence-electron chi connectivity index (χ4n) is 2.85. The van der Waals surface area contributed by atoms with Crippen molar-refractivity contribution in [3.63, 3.8) is 0 Å². The Morgan fingerprint density at radius 3 is 2.62 bits per heavy atom. The summed E-state index contributed by atoms with van der Waals surface area (Å²) in [5.41, 5.74) is 0.566. The third-order valence-electron chi connectivity index (χ3n) is 4.07. The lowest BCUT2D eigenvalue weighted by Crippen LogP contribution is -2.22. The van der Waals surface area contributed by atoms with Gasteiger partial charge in [0.1, 0.15) is 3.79 Å². The van der Waals surface area contributed by atoms with Gasteiger partial charge in [0.05, 0.1) is 11.3 Å². The van der Waals surface area contributed by atoms with E-state index in [0.29, 0.717) is 15.0 Å². The number of amides is 2. The Balaban J connectivity index is 1.72. The molecule has 2 aromatic rings. The summed E-state index contributed by atoms with van der Waals surface area (Å²) >= 11 is 4.08. The van der Waals surface area contributed by atoms with Gasteiger partial charge in [-0.1, -0.05) is 24.2 Å². The molecule has 10 heteroatoms. The molecule has 0 radical (unpaired) electrons. The van der Waals surface area contributed by atoms with Crippen molar-refractivity contribution in [1.29, 1.82) is 0 Å². The van der Waals surface area contributed by atoms with Crippen molar-refractivity contribution in [2.45, 2.75) is 25.7 Å². The minimum Gasteiger partial charge on any atom is -0.476 e. The maximum Gasteiger partial charge on any atom is 0.356 e. The number of carboxylic acid groups (broad SMARTS) is 1. The van der Waals surface area contributed by atoms with Crippen LogP contribution >= 0.6 is 27.3 Å². The van der Waals surface area contributed by atoms with Gasteiger partial charge in [0.2, 0.25) is 0 Å². The summed E-state index contributed by atoms with van der Waals surface area (Å²) in [6, 6.07) is 0.942. The third kappa shape index (κ3) is 4.07. The number of nitrogens with one attached hydrogen (secondary N) is 2. The summed E-state index contributed by atoms with van der Waals surface area (Å²) in [6.07, 6.45) is 6.72. The SMILES string of the molecule is O=C(Nc1nc(C(=O)O)c(Br)s1)Nc1ccncc1C(=O)C1CCCC1. The number of ketones is 1. The lowest BCUT2D eigenvalue weighted by Gasteiger charge is -2.13. The van der Waals surface area contributed by atoms with Crippen molar-refractivity contribution < 1.29 is 19.5 Å². The summed E-state index contributed by atoms with van der Waals surface area (Å²) < 4.78 is 0.307. The van der Waals surface area contributed by atoms with Crippen molar-refractivity contribution >= 4 is 55.9 Å². The standard InChI is InChI=1S/C16H15BrN4O4S/c17-13-11(14(23)24)20-16(26-13)21-15(25)19-10-5-6-18-7-9(10)12(22)8-3-1-2-4-8/h5-8H,1-4H2,(H,23,24)(H2,18,19,20,21,25). The second-order valence-corrected chi connectivity index (χ2v) is 8.11. The molecule has 2 amide bonds. The summed E-state index contributed by atoms with van der Waals surface area (Å²) in [5, 5.41) is 14.2. The van der Waals surface area contributed by atoms with Crippen LogP contribution in [0.4, 0.5) is 15.6 Å². The number of nitrogens with zero attached hydrogens (tertiary/aromatic N) is 2. The monoisotopic (exact) mass is 438 g/mol. The van der Waals surface area contributed by atoms with Crippen LogP contribution in [0.3, 0.4) is 0 Å². The molecule has 0 unspecified atom stereocenters. The topological polar surface area (TPSA) is 121 Å². The van der Waals surface area contributed by atoms with Crippen LogP contribution in [-0.2, 0) is 0 Å². The van der Waals surface area contributed by atoms with Gasteiger partial charge in [-0.15, -0.1) is 0 Å². The van der Waals surface area contributed by atoms with Gasteiger partial charge in [-0.2, -0.15) is 0 Å². The largest absolute Gasteiger partial charge is 0.476 e. The van der Waals surface area contributed by atoms with Gasteiger partial charge in [0, 0.05) is 18.3 Å². The predicted molar refractivity (Wildman–Crippen MR) is 99.9 cm³/mol. The summed E-state index contributed by atoms with van der Waals surface area (Å²) in [7, 11) is 0. The Hall–Kier alpha value is -2.33. The number of anilines is 2. The number of aromatic nitrogens is 2. The normalized spacial score (nSPS) is 14.2. The second kappa shape index (κ2) is 7.92. The molecule has 0 spiro atoms. The van der Waals surface area contributed by atoms with Crippen LogP contribution in [-0.4, -0.2) is 32.9 Å². The van der Waals surface area contributed by atoms with Crippen LogP contribution in [0.15, 0.2) is 22.2 Å². The van der Waals surface area contributed by atoms with Crippen LogP contribution in [0, 0.1) is 5.92 Å². The van der Waals surface area contributed by atoms with Gasteiger partial charge in [0.25, 0.3) is 0 Å². The molecule has 0 aliphatic heterocycles. The van der Waals surface area contributed by atoms with E-state index in [1.165, 1.54) is 12.4 Å². The molecule has 136 valence electrons. The highest BCUT2D eigenvalue weighted by molar-refractivity contribution is 9.11. The van der Waals surface area contributed by atoms with Gasteiger partial charge < -0.3 is 10.4 Å². The van der Waals surface area contributed by atoms with E-state index in [1.54, 1.807) is 6.07 Å². The minimum absolute atomic E-state index is 0.0175. The van der Waals surface area contributed by atoms with E-state index in [-0.39, 0.29) is 22.5 Å². The number of hydrogen-bond donors (Lipinski definition) is 3. The number of aromatic carboxylic acids is 1. The van der Waals surface area contributed by atoms with Crippen LogP contribution in [0.1, 0.15) is 46.5 Å². The number of carbonyl (C=O) groups is 3. The molecular weight excluding hydrogens is 424 g/mol. The summed E-state index contributed by atoms with van der Waals surface area (Å²) in [6.45, 7) is 0. The van der Waals surface area contributed by atoms with Crippen molar-refractivity contribution in [3.8, 4) is 0 Å². The molecule has 26 heavy (non-hydrogen) atoms. The van der Waals surface area contributed by atoms with E-state index in [9.17, 15) is 14.4 Å². The Kier molecular flexibility index (Phi) is 5.62. The molecule has 2 heterocycles. The molecule has 3 N–H and O–H groups in total. The number of halogens is 1. The molecule has 0 bridgehead atoms. The fraction of sp³-hybridized carbons (Fsp3) is 0.312. The molecule has 0 aromatic carbocycles. The Bertz CT molecular complexity index is 864. The van der Waals surface area contributed by atoms with E-state index < -0.39 is 12.0 Å². The first kappa shape index (κ1) is 18.5. The van der Waals surface area contributed by atoms with Gasteiger partial charge in [-0.05, 0) is 34.8 Å². The molecule has 1 aliphatic carbocycles. The van der Waals surface area contributed by atoms with Crippen molar-refractivity contribution in [2.24, 2.45) is 5.92 Å². The Morgan fingerprint density at radius 1 is 1.23 bits per heavy atom. The number of hydrogen-bond acceptors (Lipinski definition) is 6. The van der Waals surface area contributed by atoms with E-state index in [0.717, 1.165) is 37.0 Å². The summed E-state index contributed by atoms with van der Waals surface area (Å²) in [4.78, 5) is 43.7. The lowest BCUT2D eigenvalue weighted by atomic mass is 9.96. The number of urea groups is 1. The predicted octanol–water partition coefficient (Wildman–Crippen LogP) is 4.02. The molecule has 2 aromatic heterocycles. The fourth-order valence-corrected chi connectivity index (χ4v) is 4.24. The molecule has 1 fully saturated rings. The maximum atomic E-state index is 12.6. The highest BCUT2D eigenvalue weighted by Gasteiger charge is 2.26. The molecule has 1 aliphatic rings. The quantitative estimate of drug-likeness (QED) is 0.606. The summed E-state index contributed by atoms with van der Waals surface area (Å²) in [5.74, 6) is -1.24. The van der Waals surface area contributed by atoms with Crippen molar-refractivity contribution in [3.05, 3.63) is 33.5 Å². The number of Topliss-reactive ketones (excluding diaryl/α,β-unsaturated/α-hetero) is 1. The smallest absolute Gasteiger partial charge is 0.356 e. The maximum absolute atomic E-state index is 12.6. The van der Waals surface area contributed by atoms with Crippen LogP contribution in [0.5, 0.6) is 0 Å². The highest BCUT2D eigenvalue weighted by atomic mass is 79.9. The van der Waals surface area contributed by atoms with E-state index in [2.05, 4.69) is 36.5 Å². The molecule has 0 saturated heterocycles. The van der Waals surface area contributed by atoms with Gasteiger partial charge in [-0.3, -0.25) is 15.1 Å². The number of carboxylic acids is 1. The molecule has 3 rings (SSSR count). The van der Waals surface area contributed by atoms with E-state index in [1.807, 2.05) is 0 Å². The molecule has 0 atom stereocenters. The Morgan fingerprint density at radius 2 is 1.96 bits per heavy atom. The first-order valence-electron chi connectivity index (χ1n) is 7.91. The number of pyridine rings is 1. The van der Waals surface area contributed by atoms with Crippen molar-refractivity contribution in [1.82, 2.24) is 9.97 Å². The Labute approximate surface area is 161 Å². The van der Waals surface area contributed by atoms with Gasteiger partial charge >= 0.3 is 12.0 Å². The van der Waals surface area contributed by atoms with Crippen LogP contribution in [0.2, 0.25) is 0 Å². The average molecular weight is 439 g/mol. The zero-order valence-electron chi connectivity index (χ0n) is 13.5. The zero-order valence-corrected chi connectivity index (χ0v) is 15.9. The molecule has 8 nitrogen and oxygen atoms in total. The van der Waals surface area contributed by atoms with Gasteiger partial charge in [0.15, 0.2) is 16.6 Å². The lowest BCUT2D eigenvalue weighted by molar-refractivity contribution is 0.0690. The third-order valence-corrected chi connectivity index (χ3v) is 5.69. The number of thiazole rings is 1. The number of rotatable bonds is 5.